The molecule has 0 saturated carbocycles. The number of methoxy groups -OCH3 is 1. The molecule has 120 valence electrons. The van der Waals surface area contributed by atoms with E-state index in [1.807, 2.05) is 13.8 Å². The molecule has 5 nitrogen and oxygen atoms in total. The second-order valence-electron chi connectivity index (χ2n) is 5.93. The topological polar surface area (TPSA) is 56.8 Å². The van der Waals surface area contributed by atoms with Crippen molar-refractivity contribution in [3.63, 3.8) is 0 Å². The molecular formula is C16H20ClNO4. The average molecular weight is 326 g/mol. The third-order valence-electron chi connectivity index (χ3n) is 4.53. The Labute approximate surface area is 134 Å². The molecule has 1 unspecified atom stereocenters. The van der Waals surface area contributed by atoms with Crippen LogP contribution in [0.3, 0.4) is 0 Å². The fourth-order valence-electron chi connectivity index (χ4n) is 3.18. The summed E-state index contributed by atoms with van der Waals surface area (Å²) in [5, 5.41) is 3.71. The number of esters is 1. The van der Waals surface area contributed by atoms with E-state index >= 15 is 0 Å². The molecule has 1 aromatic carbocycles. The van der Waals surface area contributed by atoms with Gasteiger partial charge in [-0.2, -0.15) is 0 Å². The van der Waals surface area contributed by atoms with Gasteiger partial charge in [-0.15, -0.1) is 0 Å². The van der Waals surface area contributed by atoms with Crippen LogP contribution in [0.1, 0.15) is 35.7 Å². The van der Waals surface area contributed by atoms with Gasteiger partial charge < -0.3 is 19.5 Å². The summed E-state index contributed by atoms with van der Waals surface area (Å²) in [4.78, 5) is 11.9. The molecule has 0 amide bonds. The Balaban J connectivity index is 1.97. The van der Waals surface area contributed by atoms with Crippen molar-refractivity contribution < 1.29 is 19.0 Å². The quantitative estimate of drug-likeness (QED) is 0.847. The second kappa shape index (κ2) is 5.63. The molecular weight excluding hydrogens is 306 g/mol. The van der Waals surface area contributed by atoms with Crippen molar-refractivity contribution in [3.8, 4) is 11.5 Å². The minimum Gasteiger partial charge on any atom is -0.465 e. The SMILES string of the molecule is COC(=O)c1cc(Cl)c2c(c1C)OC(C)(C1CCNCC1)O2. The van der Waals surface area contributed by atoms with Crippen LogP contribution in [0.25, 0.3) is 0 Å². The second-order valence-corrected chi connectivity index (χ2v) is 6.33. The van der Waals surface area contributed by atoms with Crippen LogP contribution in [0.4, 0.5) is 0 Å². The monoisotopic (exact) mass is 325 g/mol. The number of fused-ring (bicyclic) bond motifs is 1. The molecule has 1 N–H and O–H groups in total. The van der Waals surface area contributed by atoms with Crippen LogP contribution in [-0.4, -0.2) is 32.0 Å². The van der Waals surface area contributed by atoms with Crippen molar-refractivity contribution in [3.05, 3.63) is 22.2 Å². The summed E-state index contributed by atoms with van der Waals surface area (Å²) in [5.41, 5.74) is 1.10. The lowest BCUT2D eigenvalue weighted by Gasteiger charge is -2.35. The number of nitrogens with one attached hydrogen (secondary N) is 1. The Bertz CT molecular complexity index is 613. The number of carbonyl (C=O) groups excluding carboxylic acids is 1. The van der Waals surface area contributed by atoms with Crippen molar-refractivity contribution in [2.24, 2.45) is 5.92 Å². The van der Waals surface area contributed by atoms with Crippen LogP contribution < -0.4 is 14.8 Å². The first-order valence-electron chi connectivity index (χ1n) is 7.46. The van der Waals surface area contributed by atoms with Gasteiger partial charge in [-0.25, -0.2) is 4.79 Å². The van der Waals surface area contributed by atoms with Gasteiger partial charge in [0.1, 0.15) is 0 Å². The predicted molar refractivity (Wildman–Crippen MR) is 82.8 cm³/mol. The molecule has 0 spiro atoms. The first-order chi connectivity index (χ1) is 10.5. The first kappa shape index (κ1) is 15.4. The van der Waals surface area contributed by atoms with Crippen LogP contribution in [0, 0.1) is 12.8 Å². The van der Waals surface area contributed by atoms with E-state index in [4.69, 9.17) is 25.8 Å². The third kappa shape index (κ3) is 2.42. The molecule has 0 aliphatic carbocycles. The van der Waals surface area contributed by atoms with E-state index < -0.39 is 11.8 Å². The lowest BCUT2D eigenvalue weighted by atomic mass is 9.90. The van der Waals surface area contributed by atoms with Gasteiger partial charge in [0.05, 0.1) is 17.7 Å². The van der Waals surface area contributed by atoms with Gasteiger partial charge in [-0.05, 0) is 38.9 Å². The molecule has 1 aromatic rings. The lowest BCUT2D eigenvalue weighted by molar-refractivity contribution is -0.118. The van der Waals surface area contributed by atoms with Crippen LogP contribution in [-0.2, 0) is 4.74 Å². The molecule has 22 heavy (non-hydrogen) atoms. The molecule has 0 bridgehead atoms. The molecule has 2 heterocycles. The maximum Gasteiger partial charge on any atom is 0.338 e. The Morgan fingerprint density at radius 3 is 2.64 bits per heavy atom. The molecule has 1 saturated heterocycles. The highest BCUT2D eigenvalue weighted by Crippen LogP contribution is 2.50. The van der Waals surface area contributed by atoms with E-state index in [2.05, 4.69) is 5.32 Å². The lowest BCUT2D eigenvalue weighted by Crippen LogP contribution is -2.47. The highest BCUT2D eigenvalue weighted by atomic mass is 35.5. The summed E-state index contributed by atoms with van der Waals surface area (Å²) in [7, 11) is 1.35. The highest BCUT2D eigenvalue weighted by Gasteiger charge is 2.46. The zero-order valence-corrected chi connectivity index (χ0v) is 13.8. The van der Waals surface area contributed by atoms with Crippen molar-refractivity contribution in [1.82, 2.24) is 5.32 Å². The third-order valence-corrected chi connectivity index (χ3v) is 4.82. The smallest absolute Gasteiger partial charge is 0.338 e. The maximum atomic E-state index is 11.9. The summed E-state index contributed by atoms with van der Waals surface area (Å²) >= 11 is 6.29. The van der Waals surface area contributed by atoms with E-state index in [-0.39, 0.29) is 5.92 Å². The summed E-state index contributed by atoms with van der Waals surface area (Å²) in [6.45, 7) is 5.66. The summed E-state index contributed by atoms with van der Waals surface area (Å²) in [5.74, 6) is 0.175. The number of carbonyl (C=O) groups is 1. The molecule has 1 atom stereocenters. The highest BCUT2D eigenvalue weighted by molar-refractivity contribution is 6.32. The Morgan fingerprint density at radius 2 is 2.00 bits per heavy atom. The largest absolute Gasteiger partial charge is 0.465 e. The number of hydrogen-bond donors (Lipinski definition) is 1. The van der Waals surface area contributed by atoms with E-state index in [1.54, 1.807) is 6.07 Å². The fourth-order valence-corrected chi connectivity index (χ4v) is 3.41. The van der Waals surface area contributed by atoms with Gasteiger partial charge in [0.15, 0.2) is 11.5 Å². The number of rotatable bonds is 2. The number of benzene rings is 1. The van der Waals surface area contributed by atoms with Crippen molar-refractivity contribution in [1.29, 1.82) is 0 Å². The molecule has 2 aliphatic heterocycles. The Morgan fingerprint density at radius 1 is 1.36 bits per heavy atom. The summed E-state index contributed by atoms with van der Waals surface area (Å²) in [6.07, 6.45) is 1.95. The van der Waals surface area contributed by atoms with Crippen molar-refractivity contribution in [2.75, 3.05) is 20.2 Å². The standard InChI is InChI=1S/C16H20ClNO4/c1-9-11(15(19)20-3)8-12(17)14-13(9)21-16(2,22-14)10-4-6-18-7-5-10/h8,10,18H,4-7H2,1-3H3. The minimum atomic E-state index is -0.742. The number of ether oxygens (including phenoxy) is 3. The van der Waals surface area contributed by atoms with E-state index in [0.717, 1.165) is 25.9 Å². The fraction of sp³-hybridized carbons (Fsp3) is 0.562. The number of piperidine rings is 1. The average Bonchev–Trinajstić information content (AvgIpc) is 2.91. The summed E-state index contributed by atoms with van der Waals surface area (Å²) < 4.78 is 17.0. The minimum absolute atomic E-state index is 0.276. The van der Waals surface area contributed by atoms with Gasteiger partial charge in [-0.3, -0.25) is 0 Å². The van der Waals surface area contributed by atoms with Gasteiger partial charge in [0.25, 0.3) is 5.79 Å². The van der Waals surface area contributed by atoms with Gasteiger partial charge in [0, 0.05) is 18.4 Å². The van der Waals surface area contributed by atoms with Crippen LogP contribution in [0.5, 0.6) is 11.5 Å². The van der Waals surface area contributed by atoms with Gasteiger partial charge >= 0.3 is 5.97 Å². The molecule has 0 aromatic heterocycles. The van der Waals surface area contributed by atoms with E-state index in [1.165, 1.54) is 7.11 Å². The molecule has 3 rings (SSSR count). The van der Waals surface area contributed by atoms with Crippen LogP contribution >= 0.6 is 11.6 Å². The molecule has 0 radical (unpaired) electrons. The first-order valence-corrected chi connectivity index (χ1v) is 7.84. The van der Waals surface area contributed by atoms with Crippen LogP contribution in [0.15, 0.2) is 6.07 Å². The van der Waals surface area contributed by atoms with Crippen molar-refractivity contribution in [2.45, 2.75) is 32.5 Å². The predicted octanol–water partition coefficient (Wildman–Crippen LogP) is 2.92. The molecule has 6 heteroatoms. The Kier molecular flexibility index (Phi) is 3.95. The molecule has 2 aliphatic rings. The Hall–Kier alpha value is -1.46. The number of hydrogen-bond acceptors (Lipinski definition) is 5. The zero-order chi connectivity index (χ0) is 15.9. The van der Waals surface area contributed by atoms with E-state index in [9.17, 15) is 4.79 Å². The van der Waals surface area contributed by atoms with Crippen molar-refractivity contribution >= 4 is 17.6 Å². The molecule has 1 fully saturated rings. The van der Waals surface area contributed by atoms with E-state index in [0.29, 0.717) is 27.6 Å². The van der Waals surface area contributed by atoms with Gasteiger partial charge in [-0.1, -0.05) is 11.6 Å². The van der Waals surface area contributed by atoms with Gasteiger partial charge in [0.2, 0.25) is 0 Å². The zero-order valence-electron chi connectivity index (χ0n) is 13.0. The summed E-state index contributed by atoms with van der Waals surface area (Å²) in [6, 6.07) is 1.58. The number of halogens is 1. The van der Waals surface area contributed by atoms with Crippen LogP contribution in [0.2, 0.25) is 5.02 Å². The maximum absolute atomic E-state index is 11.9. The normalized spacial score (nSPS) is 24.4.